The molecule has 2 aromatic carbocycles. The lowest BCUT2D eigenvalue weighted by molar-refractivity contribution is -0.151. The van der Waals surface area contributed by atoms with E-state index in [0.717, 1.165) is 4.90 Å². The summed E-state index contributed by atoms with van der Waals surface area (Å²) in [5, 5.41) is 18.4. The van der Waals surface area contributed by atoms with E-state index in [9.17, 15) is 33.6 Å². The molecule has 0 aromatic heterocycles. The number of anilines is 2. The van der Waals surface area contributed by atoms with E-state index in [1.807, 2.05) is 0 Å². The summed E-state index contributed by atoms with van der Waals surface area (Å²) in [6.07, 6.45) is -0.408. The second-order valence-electron chi connectivity index (χ2n) is 12.4. The monoisotopic (exact) mass is 708 g/mol. The number of hydrogen-bond acceptors (Lipinski definition) is 12. The summed E-state index contributed by atoms with van der Waals surface area (Å²) >= 11 is 0. The minimum absolute atomic E-state index is 0.00915. The first-order valence-corrected chi connectivity index (χ1v) is 16.4. The lowest BCUT2D eigenvalue weighted by Gasteiger charge is -2.26. The van der Waals surface area contributed by atoms with Crippen LogP contribution in [0.4, 0.5) is 27.5 Å². The molecule has 2 atom stereocenters. The zero-order chi connectivity index (χ0) is 37.6. The second-order valence-corrected chi connectivity index (χ2v) is 12.4. The highest BCUT2D eigenvalue weighted by Crippen LogP contribution is 2.31. The number of imide groups is 1. The summed E-state index contributed by atoms with van der Waals surface area (Å²) in [4.78, 5) is 87.2. The molecule has 0 radical (unpaired) electrons. The van der Waals surface area contributed by atoms with Crippen molar-refractivity contribution in [1.29, 1.82) is 0 Å². The molecule has 17 nitrogen and oxygen atoms in total. The molecule has 51 heavy (non-hydrogen) atoms. The minimum Gasteiger partial charge on any atom is -0.464 e. The van der Waals surface area contributed by atoms with Crippen molar-refractivity contribution in [3.05, 3.63) is 48.5 Å². The Morgan fingerprint density at radius 3 is 1.88 bits per heavy atom. The minimum atomic E-state index is -1.11. The normalized spacial score (nSPS) is 15.6. The number of nitrogens with zero attached hydrogens (tertiary/aromatic N) is 3. The van der Waals surface area contributed by atoms with E-state index >= 15 is 0 Å². The molecule has 0 saturated carbocycles. The highest BCUT2D eigenvalue weighted by Gasteiger charge is 2.48. The zero-order valence-corrected chi connectivity index (χ0v) is 29.0. The number of likely N-dealkylation sites (tertiary alicyclic amines) is 1. The van der Waals surface area contributed by atoms with Crippen LogP contribution in [0.25, 0.3) is 0 Å². The molecule has 0 aliphatic carbocycles. The van der Waals surface area contributed by atoms with Crippen LogP contribution >= 0.6 is 0 Å². The molecular formula is C34H44N8O9. The molecule has 6 amide bonds. The molecule has 17 heteroatoms. The summed E-state index contributed by atoms with van der Waals surface area (Å²) < 4.78 is 10.4. The Morgan fingerprint density at radius 2 is 1.35 bits per heavy atom. The van der Waals surface area contributed by atoms with E-state index in [1.165, 1.54) is 0 Å². The Morgan fingerprint density at radius 1 is 0.824 bits per heavy atom. The van der Waals surface area contributed by atoms with Crippen molar-refractivity contribution in [2.75, 3.05) is 36.9 Å². The number of benzene rings is 2. The predicted octanol–water partition coefficient (Wildman–Crippen LogP) is 3.06. The first kappa shape index (κ1) is 39.7. The number of esters is 1. The van der Waals surface area contributed by atoms with E-state index in [0.29, 0.717) is 22.7 Å². The number of nitrogens with one attached hydrogen (secondary N) is 4. The van der Waals surface area contributed by atoms with Crippen LogP contribution in [0.2, 0.25) is 0 Å². The summed E-state index contributed by atoms with van der Waals surface area (Å²) in [7, 11) is 0. The fraction of sp³-hybridized carbons (Fsp3) is 0.441. The topological polar surface area (TPSA) is 240 Å². The molecule has 2 aromatic rings. The first-order chi connectivity index (χ1) is 24.2. The molecule has 1 saturated heterocycles. The van der Waals surface area contributed by atoms with Crippen LogP contribution in [-0.4, -0.2) is 84.4 Å². The van der Waals surface area contributed by atoms with Crippen molar-refractivity contribution in [3.63, 3.8) is 0 Å². The molecular weight excluding hydrogens is 664 g/mol. The van der Waals surface area contributed by atoms with E-state index in [4.69, 9.17) is 15.2 Å². The fourth-order valence-corrected chi connectivity index (χ4v) is 4.81. The van der Waals surface area contributed by atoms with E-state index in [2.05, 4.69) is 31.5 Å². The molecule has 0 spiro atoms. The molecule has 1 aliphatic heterocycles. The molecule has 1 aliphatic rings. The molecule has 274 valence electrons. The van der Waals surface area contributed by atoms with Gasteiger partial charge in [-0.25, -0.2) is 14.5 Å². The summed E-state index contributed by atoms with van der Waals surface area (Å²) in [6.45, 7) is 5.81. The van der Waals surface area contributed by atoms with Crippen LogP contribution in [0.3, 0.4) is 0 Å². The van der Waals surface area contributed by atoms with Crippen LogP contribution in [0.5, 0.6) is 0 Å². The van der Waals surface area contributed by atoms with E-state index < -0.39 is 53.3 Å². The fourth-order valence-electron chi connectivity index (χ4n) is 4.81. The van der Waals surface area contributed by atoms with Crippen molar-refractivity contribution in [3.8, 4) is 0 Å². The quantitative estimate of drug-likeness (QED) is 0.134. The number of hydrogen-bond donors (Lipinski definition) is 5. The molecule has 1 heterocycles. The van der Waals surface area contributed by atoms with E-state index in [-0.39, 0.29) is 57.8 Å². The number of carbonyl (C=O) groups excluding carboxylic acids is 7. The maximum absolute atomic E-state index is 13.0. The van der Waals surface area contributed by atoms with Crippen LogP contribution in [0.15, 0.2) is 58.8 Å². The van der Waals surface area contributed by atoms with Crippen LogP contribution in [-0.2, 0) is 38.2 Å². The van der Waals surface area contributed by atoms with Crippen molar-refractivity contribution in [1.82, 2.24) is 15.5 Å². The number of ether oxygens (including phenoxy) is 2. The van der Waals surface area contributed by atoms with Gasteiger partial charge in [0.2, 0.25) is 29.5 Å². The number of carbonyl (C=O) groups is 7. The Bertz CT molecular complexity index is 1600. The summed E-state index contributed by atoms with van der Waals surface area (Å²) in [5.74, 6) is -3.80. The van der Waals surface area contributed by atoms with Gasteiger partial charge in [0.25, 0.3) is 0 Å². The van der Waals surface area contributed by atoms with Crippen LogP contribution < -0.4 is 27.0 Å². The van der Waals surface area contributed by atoms with Crippen molar-refractivity contribution >= 4 is 64.3 Å². The van der Waals surface area contributed by atoms with Gasteiger partial charge in [-0.1, -0.05) is 0 Å². The number of azo groups is 1. The van der Waals surface area contributed by atoms with E-state index in [1.54, 1.807) is 76.2 Å². The Hall–Kier alpha value is -5.71. The zero-order valence-electron chi connectivity index (χ0n) is 29.0. The number of rotatable bonds is 15. The van der Waals surface area contributed by atoms with Crippen molar-refractivity contribution in [2.45, 2.75) is 65.0 Å². The third-order valence-electron chi connectivity index (χ3n) is 7.17. The Balaban J connectivity index is 1.36. The number of amides is 6. The molecule has 3 rings (SSSR count). The Kier molecular flexibility index (Phi) is 14.7. The smallest absolute Gasteiger partial charge is 0.417 e. The lowest BCUT2D eigenvalue weighted by Crippen LogP contribution is -2.46. The van der Waals surface area contributed by atoms with Gasteiger partial charge in [0.05, 0.1) is 37.6 Å². The molecule has 6 N–H and O–H groups in total. The maximum Gasteiger partial charge on any atom is 0.417 e. The largest absolute Gasteiger partial charge is 0.464 e. The van der Waals surface area contributed by atoms with Gasteiger partial charge in [0.15, 0.2) is 0 Å². The van der Waals surface area contributed by atoms with Crippen LogP contribution in [0.1, 0.15) is 53.4 Å². The Labute approximate surface area is 295 Å². The highest BCUT2D eigenvalue weighted by atomic mass is 16.6. The van der Waals surface area contributed by atoms with Gasteiger partial charge in [-0.15, -0.1) is 0 Å². The number of nitrogens with two attached hydrogens (primary N) is 1. The van der Waals surface area contributed by atoms with Gasteiger partial charge in [-0.05, 0) is 95.5 Å². The lowest BCUT2D eigenvalue weighted by atomic mass is 9.98. The molecule has 1 unspecified atom stereocenters. The third kappa shape index (κ3) is 13.3. The van der Waals surface area contributed by atoms with Gasteiger partial charge in [0.1, 0.15) is 11.6 Å². The van der Waals surface area contributed by atoms with Gasteiger partial charge >= 0.3 is 12.1 Å². The third-order valence-corrected chi connectivity index (χ3v) is 7.17. The molecule has 0 bridgehead atoms. The van der Waals surface area contributed by atoms with Gasteiger partial charge < -0.3 is 36.5 Å². The average Bonchev–Trinajstić information content (AvgIpc) is 3.42. The predicted molar refractivity (Wildman–Crippen MR) is 185 cm³/mol. The SMILES string of the molecule is CCOC(=O)[C@@H]1CC(CCCC(=O)NCC(=O)NCC(=O)Nc2ccc(/N=N/c3ccc(NC(=O)CN)cc3)cc2)C(=O)N1C(=O)OC(C)(C)C. The second kappa shape index (κ2) is 18.9. The average molecular weight is 709 g/mol. The summed E-state index contributed by atoms with van der Waals surface area (Å²) in [5.41, 5.74) is 6.53. The highest BCUT2D eigenvalue weighted by molar-refractivity contribution is 6.01. The van der Waals surface area contributed by atoms with Crippen molar-refractivity contribution < 1.29 is 43.0 Å². The van der Waals surface area contributed by atoms with Gasteiger partial charge in [0, 0.05) is 23.7 Å². The van der Waals surface area contributed by atoms with Crippen LogP contribution in [0, 0.1) is 5.92 Å². The first-order valence-electron chi connectivity index (χ1n) is 16.4. The van der Waals surface area contributed by atoms with Gasteiger partial charge in [-0.2, -0.15) is 10.2 Å². The summed E-state index contributed by atoms with van der Waals surface area (Å²) in [6, 6.07) is 12.1. The maximum atomic E-state index is 13.0. The van der Waals surface area contributed by atoms with Crippen molar-refractivity contribution in [2.24, 2.45) is 21.9 Å². The molecule has 1 fully saturated rings. The standard InChI is InChI=1S/C34H44N8O9/c1-5-50-32(48)26-17-21(31(47)42(26)33(49)51-34(2,3)4)7-6-8-27(43)36-19-29(45)37-20-30(46)39-23-11-15-25(16-12-23)41-40-24-13-9-22(10-14-24)38-28(44)18-35/h9-16,21,26H,5-8,17-20,35H2,1-4H3,(H,36,43)(H,37,45)(H,38,44)(H,39,46)/b41-40+/t21?,26-/m0/s1. The van der Waals surface area contributed by atoms with Gasteiger partial charge in [-0.3, -0.25) is 24.0 Å².